The lowest BCUT2D eigenvalue weighted by molar-refractivity contribution is 0.102. The van der Waals surface area contributed by atoms with Crippen LogP contribution in [0.5, 0.6) is 0 Å². The molecule has 37 heavy (non-hydrogen) atoms. The molecule has 1 aliphatic carbocycles. The number of hydrazine groups is 1. The molecule has 200 valence electrons. The van der Waals surface area contributed by atoms with Crippen LogP contribution in [0.25, 0.3) is 0 Å². The van der Waals surface area contributed by atoms with Crippen molar-refractivity contribution >= 4 is 33.5 Å². The summed E-state index contributed by atoms with van der Waals surface area (Å²) in [5, 5.41) is 15.5. The van der Waals surface area contributed by atoms with E-state index in [-0.39, 0.29) is 17.8 Å². The topological polar surface area (TPSA) is 152 Å². The minimum absolute atomic E-state index is 0.0644. The van der Waals surface area contributed by atoms with Gasteiger partial charge in [-0.15, -0.1) is 0 Å². The summed E-state index contributed by atoms with van der Waals surface area (Å²) in [5.74, 6) is 0.0978. The number of amides is 2. The van der Waals surface area contributed by atoms with Crippen molar-refractivity contribution in [3.05, 3.63) is 60.2 Å². The Balaban J connectivity index is 1.49. The third-order valence-corrected chi connectivity index (χ3v) is 8.37. The molecule has 1 heterocycles. The van der Waals surface area contributed by atoms with Gasteiger partial charge in [-0.1, -0.05) is 56.0 Å². The third-order valence-electron chi connectivity index (χ3n) is 7.50. The maximum Gasteiger partial charge on any atom is 0.373 e. The van der Waals surface area contributed by atoms with Crippen molar-refractivity contribution in [3.8, 4) is 0 Å². The molecule has 10 nitrogen and oxygen atoms in total. The largest absolute Gasteiger partial charge is 0.384 e. The highest BCUT2D eigenvalue weighted by Gasteiger charge is 2.43. The summed E-state index contributed by atoms with van der Waals surface area (Å²) < 4.78 is 35.5. The molecule has 2 fully saturated rings. The summed E-state index contributed by atoms with van der Waals surface area (Å²) in [6.07, 6.45) is 7.35. The standard InChI is InChI=1S/C26H36N6O4S/c27-24(28)20-9-8-10-22(19-20)29-25(33)30-26(15-6-1-2-7-16-26)21-13-17-31(18-14-21)32(37(34,35)36)23-11-4-3-5-12-23/h3-5,8-12,19,21H,1-2,6-7,13-18H2,(H3,27,28)(H2,29,30,33)(H,34,35,36). The average molecular weight is 529 g/mol. The van der Waals surface area contributed by atoms with Gasteiger partial charge in [-0.05, 0) is 55.9 Å². The predicted molar refractivity (Wildman–Crippen MR) is 145 cm³/mol. The highest BCUT2D eigenvalue weighted by molar-refractivity contribution is 7.87. The van der Waals surface area contributed by atoms with Gasteiger partial charge < -0.3 is 16.4 Å². The van der Waals surface area contributed by atoms with Gasteiger partial charge in [0.2, 0.25) is 0 Å². The minimum atomic E-state index is -4.49. The Labute approximate surface area is 218 Å². The molecular formula is C26H36N6O4S. The molecule has 2 aromatic rings. The fraction of sp³-hybridized carbons (Fsp3) is 0.462. The minimum Gasteiger partial charge on any atom is -0.384 e. The Hall–Kier alpha value is -3.15. The zero-order chi connectivity index (χ0) is 26.5. The number of hydrogen-bond acceptors (Lipinski definition) is 5. The van der Waals surface area contributed by atoms with Gasteiger partial charge in [-0.2, -0.15) is 12.8 Å². The van der Waals surface area contributed by atoms with Gasteiger partial charge in [0.1, 0.15) is 5.84 Å². The molecule has 1 saturated heterocycles. The summed E-state index contributed by atoms with van der Waals surface area (Å²) in [4.78, 5) is 13.2. The van der Waals surface area contributed by atoms with Crippen molar-refractivity contribution in [1.29, 1.82) is 5.41 Å². The van der Waals surface area contributed by atoms with E-state index in [9.17, 15) is 17.8 Å². The summed E-state index contributed by atoms with van der Waals surface area (Å²) in [5.41, 5.74) is 6.68. The maximum atomic E-state index is 13.2. The lowest BCUT2D eigenvalue weighted by Gasteiger charge is -2.46. The molecule has 1 aliphatic heterocycles. The van der Waals surface area contributed by atoms with Crippen molar-refractivity contribution in [3.63, 3.8) is 0 Å². The Morgan fingerprint density at radius 3 is 2.27 bits per heavy atom. The van der Waals surface area contributed by atoms with Crippen molar-refractivity contribution in [1.82, 2.24) is 10.3 Å². The van der Waals surface area contributed by atoms with Crippen LogP contribution in [0.15, 0.2) is 54.6 Å². The number of hydrogen-bond donors (Lipinski definition) is 5. The Bertz CT molecular complexity index is 1190. The second-order valence-corrected chi connectivity index (χ2v) is 11.2. The van der Waals surface area contributed by atoms with Crippen molar-refractivity contribution in [2.75, 3.05) is 22.8 Å². The Morgan fingerprint density at radius 2 is 1.68 bits per heavy atom. The molecule has 0 bridgehead atoms. The fourth-order valence-corrected chi connectivity index (χ4v) is 6.59. The first kappa shape index (κ1) is 26.9. The highest BCUT2D eigenvalue weighted by atomic mass is 32.2. The first-order chi connectivity index (χ1) is 17.7. The van der Waals surface area contributed by atoms with Crippen molar-refractivity contribution in [2.45, 2.75) is 56.9 Å². The Morgan fingerprint density at radius 1 is 1.03 bits per heavy atom. The zero-order valence-corrected chi connectivity index (χ0v) is 21.7. The van der Waals surface area contributed by atoms with Crippen LogP contribution in [-0.2, 0) is 10.3 Å². The van der Waals surface area contributed by atoms with Crippen LogP contribution in [0, 0.1) is 11.3 Å². The molecule has 0 radical (unpaired) electrons. The molecule has 0 unspecified atom stereocenters. The number of benzene rings is 2. The van der Waals surface area contributed by atoms with Crippen LogP contribution in [0.4, 0.5) is 16.2 Å². The van der Waals surface area contributed by atoms with Crippen LogP contribution in [0.2, 0.25) is 0 Å². The van der Waals surface area contributed by atoms with E-state index in [1.807, 2.05) is 0 Å². The molecule has 4 rings (SSSR count). The third kappa shape index (κ3) is 6.60. The van der Waals surface area contributed by atoms with Gasteiger partial charge in [0.05, 0.1) is 5.69 Å². The molecule has 2 aliphatic rings. The van der Waals surface area contributed by atoms with E-state index in [1.54, 1.807) is 59.6 Å². The molecule has 11 heteroatoms. The normalized spacial score (nSPS) is 18.9. The molecule has 2 aromatic carbocycles. The van der Waals surface area contributed by atoms with Gasteiger partial charge in [0.15, 0.2) is 0 Å². The smallest absolute Gasteiger partial charge is 0.373 e. The number of piperidine rings is 1. The second-order valence-electron chi connectivity index (χ2n) is 9.93. The van der Waals surface area contributed by atoms with Gasteiger partial charge in [0, 0.05) is 29.9 Å². The number of nitrogens with two attached hydrogens (primary N) is 1. The van der Waals surface area contributed by atoms with Gasteiger partial charge in [-0.25, -0.2) is 9.80 Å². The summed E-state index contributed by atoms with van der Waals surface area (Å²) in [6, 6.07) is 15.2. The molecular weight excluding hydrogens is 492 g/mol. The average Bonchev–Trinajstić information content (AvgIpc) is 3.11. The molecule has 0 atom stereocenters. The van der Waals surface area contributed by atoms with Crippen LogP contribution in [-0.4, -0.2) is 48.5 Å². The van der Waals surface area contributed by atoms with E-state index in [4.69, 9.17) is 11.1 Å². The van der Waals surface area contributed by atoms with Crippen molar-refractivity contribution in [2.24, 2.45) is 11.7 Å². The van der Waals surface area contributed by atoms with E-state index in [0.717, 1.165) is 42.9 Å². The number of nitrogens with zero attached hydrogens (tertiary/aromatic N) is 2. The SMILES string of the molecule is N=C(N)c1cccc(NC(=O)NC2(C3CCN(N(c4ccccc4)S(=O)(=O)O)CC3)CCCCCC2)c1. The number of urea groups is 1. The number of carbonyl (C=O) groups is 1. The maximum absolute atomic E-state index is 13.2. The second kappa shape index (κ2) is 11.5. The Kier molecular flexibility index (Phi) is 8.35. The number of nitrogen functional groups attached to an aromatic ring is 1. The first-order valence-corrected chi connectivity index (χ1v) is 14.2. The van der Waals surface area contributed by atoms with Crippen molar-refractivity contribution < 1.29 is 17.8 Å². The van der Waals surface area contributed by atoms with Crippen LogP contribution in [0.3, 0.4) is 0 Å². The molecule has 2 amide bonds. The molecule has 0 spiro atoms. The lowest BCUT2D eigenvalue weighted by Crippen LogP contribution is -2.59. The van der Waals surface area contributed by atoms with E-state index >= 15 is 0 Å². The highest BCUT2D eigenvalue weighted by Crippen LogP contribution is 2.39. The van der Waals surface area contributed by atoms with Crippen LogP contribution >= 0.6 is 0 Å². The van der Waals surface area contributed by atoms with Gasteiger partial charge in [-0.3, -0.25) is 9.96 Å². The summed E-state index contributed by atoms with van der Waals surface area (Å²) in [7, 11) is -4.49. The molecule has 6 N–H and O–H groups in total. The number of nitrogens with one attached hydrogen (secondary N) is 3. The lowest BCUT2D eigenvalue weighted by atomic mass is 9.73. The number of rotatable bonds is 7. The number of para-hydroxylation sites is 1. The van der Waals surface area contributed by atoms with Crippen LogP contribution in [0.1, 0.15) is 56.9 Å². The quantitative estimate of drug-likeness (QED) is 0.158. The number of anilines is 2. The van der Waals surface area contributed by atoms with Crippen LogP contribution < -0.4 is 20.8 Å². The van der Waals surface area contributed by atoms with E-state index in [0.29, 0.717) is 42.9 Å². The monoisotopic (exact) mass is 528 g/mol. The van der Waals surface area contributed by atoms with Gasteiger partial charge in [0.25, 0.3) is 0 Å². The summed E-state index contributed by atoms with van der Waals surface area (Å²) in [6.45, 7) is 0.871. The number of amidine groups is 1. The fourth-order valence-electron chi connectivity index (χ4n) is 5.75. The first-order valence-electron chi connectivity index (χ1n) is 12.8. The van der Waals surface area contributed by atoms with Gasteiger partial charge >= 0.3 is 16.3 Å². The zero-order valence-electron chi connectivity index (χ0n) is 20.9. The summed E-state index contributed by atoms with van der Waals surface area (Å²) >= 11 is 0. The number of carbonyl (C=O) groups excluding carboxylic acids is 1. The molecule has 0 aromatic heterocycles. The predicted octanol–water partition coefficient (Wildman–Crippen LogP) is 4.12. The van der Waals surface area contributed by atoms with E-state index in [2.05, 4.69) is 10.6 Å². The molecule has 1 saturated carbocycles. The van der Waals surface area contributed by atoms with E-state index < -0.39 is 15.8 Å². The van der Waals surface area contributed by atoms with E-state index in [1.165, 1.54) is 0 Å².